The molecule has 2 atom stereocenters. The molecular weight excluding hydrogens is 386 g/mol. The van der Waals surface area contributed by atoms with Gasteiger partial charge in [0.1, 0.15) is 11.3 Å². The molecule has 146 valence electrons. The largest absolute Gasteiger partial charge is 0.497 e. The van der Waals surface area contributed by atoms with Crippen LogP contribution in [0, 0.1) is 0 Å². The summed E-state index contributed by atoms with van der Waals surface area (Å²) in [5.41, 5.74) is 3.76. The van der Waals surface area contributed by atoms with Crippen LogP contribution in [0.3, 0.4) is 0 Å². The molecule has 1 aliphatic rings. The van der Waals surface area contributed by atoms with Crippen molar-refractivity contribution in [1.29, 1.82) is 0 Å². The fourth-order valence-electron chi connectivity index (χ4n) is 4.14. The minimum atomic E-state index is 0.0353. The van der Waals surface area contributed by atoms with Gasteiger partial charge in [-0.2, -0.15) is 4.98 Å². The van der Waals surface area contributed by atoms with Gasteiger partial charge in [-0.15, -0.1) is 0 Å². The lowest BCUT2D eigenvalue weighted by atomic mass is 9.89. The van der Waals surface area contributed by atoms with E-state index in [2.05, 4.69) is 28.1 Å². The maximum atomic E-state index is 6.12. The number of hydrogen-bond donors (Lipinski definition) is 0. The summed E-state index contributed by atoms with van der Waals surface area (Å²) in [4.78, 5) is 11.6. The van der Waals surface area contributed by atoms with Crippen LogP contribution in [0.15, 0.2) is 71.3 Å². The van der Waals surface area contributed by atoms with Gasteiger partial charge in [0.15, 0.2) is 5.58 Å². The summed E-state index contributed by atoms with van der Waals surface area (Å²) in [6, 6.07) is 20.5. The van der Waals surface area contributed by atoms with Crippen LogP contribution >= 0.6 is 11.6 Å². The van der Waals surface area contributed by atoms with Crippen molar-refractivity contribution in [3.05, 3.63) is 83.1 Å². The lowest BCUT2D eigenvalue weighted by Crippen LogP contribution is -2.25. The SMILES string of the molecule is COc1ccc([C@H]2CCN(c3nc4cc(Cl)ccc4o3)[C@@H]2c2ccccn2)cc1. The molecule has 0 bridgehead atoms. The molecule has 0 radical (unpaired) electrons. The zero-order valence-corrected chi connectivity index (χ0v) is 16.7. The maximum absolute atomic E-state index is 6.12. The molecule has 5 nitrogen and oxygen atoms in total. The van der Waals surface area contributed by atoms with E-state index in [4.69, 9.17) is 25.7 Å². The van der Waals surface area contributed by atoms with Gasteiger partial charge >= 0.3 is 0 Å². The highest BCUT2D eigenvalue weighted by atomic mass is 35.5. The second kappa shape index (κ2) is 7.41. The Bertz CT molecular complexity index is 1130. The summed E-state index contributed by atoms with van der Waals surface area (Å²) in [5, 5.41) is 0.649. The molecule has 2 aromatic heterocycles. The van der Waals surface area contributed by atoms with Crippen molar-refractivity contribution in [2.75, 3.05) is 18.6 Å². The first-order valence-corrected chi connectivity index (χ1v) is 9.98. The Morgan fingerprint density at radius 1 is 1.10 bits per heavy atom. The van der Waals surface area contributed by atoms with Crippen molar-refractivity contribution >= 4 is 28.7 Å². The van der Waals surface area contributed by atoms with E-state index in [1.165, 1.54) is 5.56 Å². The van der Waals surface area contributed by atoms with E-state index in [0.717, 1.165) is 35.5 Å². The van der Waals surface area contributed by atoms with Crippen molar-refractivity contribution in [3.8, 4) is 5.75 Å². The number of hydrogen-bond acceptors (Lipinski definition) is 5. The zero-order chi connectivity index (χ0) is 19.8. The van der Waals surface area contributed by atoms with E-state index >= 15 is 0 Å². The topological polar surface area (TPSA) is 51.4 Å². The molecule has 0 aliphatic carbocycles. The van der Waals surface area contributed by atoms with Crippen LogP contribution in [0.4, 0.5) is 6.01 Å². The molecule has 1 saturated heterocycles. The Balaban J connectivity index is 1.56. The average Bonchev–Trinajstić information content (AvgIpc) is 3.38. The van der Waals surface area contributed by atoms with Crippen LogP contribution in [0.1, 0.15) is 29.6 Å². The van der Waals surface area contributed by atoms with Gasteiger partial charge in [-0.3, -0.25) is 4.98 Å². The van der Waals surface area contributed by atoms with Crippen molar-refractivity contribution in [3.63, 3.8) is 0 Å². The number of benzene rings is 2. The average molecular weight is 406 g/mol. The Kier molecular flexibility index (Phi) is 4.60. The third kappa shape index (κ3) is 3.32. The van der Waals surface area contributed by atoms with Crippen molar-refractivity contribution in [1.82, 2.24) is 9.97 Å². The van der Waals surface area contributed by atoms with Gasteiger partial charge in [-0.1, -0.05) is 29.8 Å². The molecule has 0 N–H and O–H groups in total. The number of nitrogens with zero attached hydrogens (tertiary/aromatic N) is 3. The van der Waals surface area contributed by atoms with E-state index in [9.17, 15) is 0 Å². The summed E-state index contributed by atoms with van der Waals surface area (Å²) < 4.78 is 11.4. The second-order valence-corrected chi connectivity index (χ2v) is 7.61. The standard InChI is InChI=1S/C23H20ClN3O2/c1-28-17-8-5-15(6-9-17)18-11-13-27(22(18)19-4-2-3-12-25-19)23-26-20-14-16(24)7-10-21(20)29-23/h2-10,12,14,18,22H,11,13H2,1H3/t18-,22+/m1/s1. The quantitative estimate of drug-likeness (QED) is 0.441. The first-order valence-electron chi connectivity index (χ1n) is 9.60. The lowest BCUT2D eigenvalue weighted by molar-refractivity contribution is 0.414. The van der Waals surface area contributed by atoms with Crippen molar-refractivity contribution in [2.24, 2.45) is 0 Å². The second-order valence-electron chi connectivity index (χ2n) is 7.17. The third-order valence-corrected chi connectivity index (χ3v) is 5.75. The minimum Gasteiger partial charge on any atom is -0.497 e. The summed E-state index contributed by atoms with van der Waals surface area (Å²) >= 11 is 6.12. The summed E-state index contributed by atoms with van der Waals surface area (Å²) in [6.07, 6.45) is 2.82. The number of ether oxygens (including phenoxy) is 1. The van der Waals surface area contributed by atoms with Gasteiger partial charge in [0.25, 0.3) is 6.01 Å². The van der Waals surface area contributed by atoms with Crippen LogP contribution in [-0.4, -0.2) is 23.6 Å². The van der Waals surface area contributed by atoms with Gasteiger partial charge in [0, 0.05) is 23.7 Å². The molecule has 2 aromatic carbocycles. The number of rotatable bonds is 4. The predicted molar refractivity (Wildman–Crippen MR) is 114 cm³/mol. The van der Waals surface area contributed by atoms with Gasteiger partial charge in [-0.05, 0) is 54.4 Å². The monoisotopic (exact) mass is 405 g/mol. The van der Waals surface area contributed by atoms with Crippen LogP contribution in [0.25, 0.3) is 11.1 Å². The zero-order valence-electron chi connectivity index (χ0n) is 16.0. The van der Waals surface area contributed by atoms with Crippen LogP contribution in [0.5, 0.6) is 5.75 Å². The third-order valence-electron chi connectivity index (χ3n) is 5.52. The molecule has 3 heterocycles. The van der Waals surface area contributed by atoms with Crippen LogP contribution in [0.2, 0.25) is 5.02 Å². The van der Waals surface area contributed by atoms with Gasteiger partial charge in [0.2, 0.25) is 0 Å². The van der Waals surface area contributed by atoms with E-state index < -0.39 is 0 Å². The highest BCUT2D eigenvalue weighted by molar-refractivity contribution is 6.31. The maximum Gasteiger partial charge on any atom is 0.298 e. The highest BCUT2D eigenvalue weighted by Gasteiger charge is 2.39. The van der Waals surface area contributed by atoms with Crippen molar-refractivity contribution in [2.45, 2.75) is 18.4 Å². The first kappa shape index (κ1) is 18.0. The number of pyridine rings is 1. The van der Waals surface area contributed by atoms with Gasteiger partial charge in [0.05, 0.1) is 18.8 Å². The van der Waals surface area contributed by atoms with Crippen LogP contribution < -0.4 is 9.64 Å². The molecule has 0 unspecified atom stereocenters. The summed E-state index contributed by atoms with van der Waals surface area (Å²) in [6.45, 7) is 0.832. The number of aromatic nitrogens is 2. The predicted octanol–water partition coefficient (Wildman–Crippen LogP) is 5.62. The summed E-state index contributed by atoms with van der Waals surface area (Å²) in [5.74, 6) is 1.13. The van der Waals surface area contributed by atoms with E-state index in [-0.39, 0.29) is 12.0 Å². The van der Waals surface area contributed by atoms with Gasteiger partial charge < -0.3 is 14.1 Å². The normalized spacial score (nSPS) is 19.0. The smallest absolute Gasteiger partial charge is 0.298 e. The summed E-state index contributed by atoms with van der Waals surface area (Å²) in [7, 11) is 1.68. The Labute approximate surface area is 173 Å². The molecule has 0 saturated carbocycles. The van der Waals surface area contributed by atoms with E-state index in [0.29, 0.717) is 11.0 Å². The minimum absolute atomic E-state index is 0.0353. The molecular formula is C23H20ClN3O2. The van der Waals surface area contributed by atoms with E-state index in [1.807, 2.05) is 48.7 Å². The Morgan fingerprint density at radius 3 is 2.72 bits per heavy atom. The van der Waals surface area contributed by atoms with Crippen LogP contribution in [-0.2, 0) is 0 Å². The Morgan fingerprint density at radius 2 is 1.97 bits per heavy atom. The lowest BCUT2D eigenvalue weighted by Gasteiger charge is -2.27. The number of halogens is 1. The number of anilines is 1. The highest BCUT2D eigenvalue weighted by Crippen LogP contribution is 2.45. The molecule has 1 fully saturated rings. The fourth-order valence-corrected chi connectivity index (χ4v) is 4.30. The number of methoxy groups -OCH3 is 1. The van der Waals surface area contributed by atoms with E-state index in [1.54, 1.807) is 7.11 Å². The van der Waals surface area contributed by atoms with Crippen molar-refractivity contribution < 1.29 is 9.15 Å². The molecule has 0 amide bonds. The Hall–Kier alpha value is -3.05. The first-order chi connectivity index (χ1) is 14.2. The molecule has 1 aliphatic heterocycles. The molecule has 5 rings (SSSR count). The molecule has 6 heteroatoms. The molecule has 29 heavy (non-hydrogen) atoms. The van der Waals surface area contributed by atoms with Gasteiger partial charge in [-0.25, -0.2) is 0 Å². The fraction of sp³-hybridized carbons (Fsp3) is 0.217. The molecule has 4 aromatic rings. The number of fused-ring (bicyclic) bond motifs is 1. The number of oxazole rings is 1. The molecule has 0 spiro atoms.